The summed E-state index contributed by atoms with van der Waals surface area (Å²) in [6.45, 7) is 14.4. The molecule has 3 heterocycles. The van der Waals surface area contributed by atoms with E-state index in [1.54, 1.807) is 12.1 Å². The highest BCUT2D eigenvalue weighted by atomic mass is 16.6. The molecule has 2 amide bonds. The van der Waals surface area contributed by atoms with Gasteiger partial charge in [0.2, 0.25) is 0 Å². The first-order valence-corrected chi connectivity index (χ1v) is 25.6. The van der Waals surface area contributed by atoms with Crippen LogP contribution >= 0.6 is 0 Å². The third-order valence-corrected chi connectivity index (χ3v) is 11.5. The zero-order valence-electron chi connectivity index (χ0n) is 44.3. The molecule has 420 valence electrons. The first kappa shape index (κ1) is 60.7. The quantitative estimate of drug-likeness (QED) is 0.200. The lowest BCUT2D eigenvalue weighted by atomic mass is 10.1. The number of rotatable bonds is 9. The summed E-state index contributed by atoms with van der Waals surface area (Å²) in [5, 5.41) is 0. The average molecular weight is 1060 g/mol. The topological polar surface area (TPSA) is 234 Å². The molecule has 2 aromatic rings. The molecule has 0 atom stereocenters. The van der Waals surface area contributed by atoms with Gasteiger partial charge in [-0.3, -0.25) is 29.1 Å². The minimum atomic E-state index is -0.748. The molecule has 75 heavy (non-hydrogen) atoms. The molecule has 2 aromatic carbocycles. The zero-order chi connectivity index (χ0) is 53.7. The van der Waals surface area contributed by atoms with E-state index in [0.717, 1.165) is 0 Å². The van der Waals surface area contributed by atoms with Gasteiger partial charge in [0, 0.05) is 45.7 Å². The number of hydrogen-bond acceptors (Lipinski definition) is 22. The number of methoxy groups -OCH3 is 2. The highest BCUT2D eigenvalue weighted by molar-refractivity contribution is 6.21. The number of amides is 2. The lowest BCUT2D eigenvalue weighted by Crippen LogP contribution is -2.40. The molecule has 5 rings (SSSR count). The SMILES string of the molecule is COC(=O)c1cc2c(cc1C(=O)OC)OCCOCCOCCN(CCN1C(=O)c3cc4c(cc3C1=O)OCCOCCOCCN(CCCC(=O)OC(C)(C)C)CCOCCOCCO4)CCOCCOCCO2. The van der Waals surface area contributed by atoms with Gasteiger partial charge in [0.1, 0.15) is 32.0 Å². The predicted octanol–water partition coefficient (Wildman–Crippen LogP) is 2.96. The standard InChI is InChI=1S/C52H77N3O20/c1-52(2,3)75-47(56)7-6-8-53-11-15-63-19-23-67-27-31-71-43-35-39-40(36-44(43)72-32-28-68-24-20-64-16-12-53)49(58)55(48(39)57)10-9-54-13-17-65-21-25-69-29-33-73-45-37-41(50(59)61-4)42(51(60)62-5)38-46(45)74-34-30-70-26-22-66-18-14-54/h35-38H,6-34H2,1-5H3. The number of imide groups is 1. The molecule has 0 aromatic heterocycles. The van der Waals surface area contributed by atoms with Gasteiger partial charge >= 0.3 is 17.9 Å². The van der Waals surface area contributed by atoms with E-state index in [0.29, 0.717) is 116 Å². The highest BCUT2D eigenvalue weighted by Crippen LogP contribution is 2.36. The molecular weight excluding hydrogens is 987 g/mol. The Morgan fingerprint density at radius 3 is 1.12 bits per heavy atom. The Labute approximate surface area is 439 Å². The van der Waals surface area contributed by atoms with Crippen molar-refractivity contribution in [2.24, 2.45) is 0 Å². The summed E-state index contributed by atoms with van der Waals surface area (Å²) in [5.74, 6) is -1.62. The summed E-state index contributed by atoms with van der Waals surface area (Å²) in [4.78, 5) is 70.5. The molecule has 3 aliphatic rings. The second-order valence-corrected chi connectivity index (χ2v) is 18.1. The molecule has 0 saturated carbocycles. The van der Waals surface area contributed by atoms with Crippen LogP contribution in [0, 0.1) is 0 Å². The van der Waals surface area contributed by atoms with E-state index in [1.165, 1.54) is 31.3 Å². The maximum atomic E-state index is 13.9. The molecule has 0 spiro atoms. The fourth-order valence-electron chi connectivity index (χ4n) is 7.73. The van der Waals surface area contributed by atoms with Crippen molar-refractivity contribution in [2.75, 3.05) is 192 Å². The minimum absolute atomic E-state index is 0.0463. The minimum Gasteiger partial charge on any atom is -0.487 e. The van der Waals surface area contributed by atoms with Gasteiger partial charge in [0.25, 0.3) is 11.8 Å². The third kappa shape index (κ3) is 21.7. The lowest BCUT2D eigenvalue weighted by Gasteiger charge is -2.24. The maximum Gasteiger partial charge on any atom is 0.338 e. The largest absolute Gasteiger partial charge is 0.487 e. The molecule has 0 saturated heterocycles. The molecule has 0 unspecified atom stereocenters. The fraction of sp³-hybridized carbons (Fsp3) is 0.673. The Kier molecular flexibility index (Phi) is 27.3. The number of ether oxygens (including phenoxy) is 15. The summed E-state index contributed by atoms with van der Waals surface area (Å²) in [6.07, 6.45) is 0.979. The van der Waals surface area contributed by atoms with Gasteiger partial charge < -0.3 is 71.1 Å². The molecule has 23 nitrogen and oxygen atoms in total. The Balaban J connectivity index is 1.11. The number of fused-ring (bicyclic) bond motifs is 3. The van der Waals surface area contributed by atoms with Gasteiger partial charge in [-0.2, -0.15) is 0 Å². The average Bonchev–Trinajstić information content (AvgIpc) is 3.61. The maximum absolute atomic E-state index is 13.9. The van der Waals surface area contributed by atoms with E-state index < -0.39 is 29.4 Å². The lowest BCUT2D eigenvalue weighted by molar-refractivity contribution is -0.155. The zero-order valence-corrected chi connectivity index (χ0v) is 44.3. The summed E-state index contributed by atoms with van der Waals surface area (Å²) in [5.41, 5.74) is -0.197. The smallest absolute Gasteiger partial charge is 0.338 e. The van der Waals surface area contributed by atoms with Crippen LogP contribution in [-0.2, 0) is 56.9 Å². The number of carbonyl (C=O) groups excluding carboxylic acids is 5. The number of carbonyl (C=O) groups is 5. The van der Waals surface area contributed by atoms with Crippen molar-refractivity contribution in [1.29, 1.82) is 0 Å². The van der Waals surface area contributed by atoms with Crippen molar-refractivity contribution >= 4 is 29.7 Å². The second kappa shape index (κ2) is 33.7. The van der Waals surface area contributed by atoms with Crippen LogP contribution in [-0.4, -0.2) is 242 Å². The van der Waals surface area contributed by atoms with Crippen LogP contribution in [0.15, 0.2) is 24.3 Å². The Hall–Kier alpha value is -5.21. The number of hydrogen-bond donors (Lipinski definition) is 0. The van der Waals surface area contributed by atoms with Crippen molar-refractivity contribution in [3.05, 3.63) is 46.5 Å². The van der Waals surface area contributed by atoms with Crippen LogP contribution in [0.4, 0.5) is 0 Å². The molecule has 0 N–H and O–H groups in total. The normalized spacial score (nSPS) is 19.1. The first-order valence-electron chi connectivity index (χ1n) is 25.6. The van der Waals surface area contributed by atoms with Crippen LogP contribution in [0.1, 0.15) is 75.0 Å². The van der Waals surface area contributed by atoms with Gasteiger partial charge in [-0.25, -0.2) is 9.59 Å². The molecular formula is C52H77N3O20. The van der Waals surface area contributed by atoms with Crippen LogP contribution in [0.25, 0.3) is 0 Å². The van der Waals surface area contributed by atoms with Crippen LogP contribution in [0.2, 0.25) is 0 Å². The fourth-order valence-corrected chi connectivity index (χ4v) is 7.73. The van der Waals surface area contributed by atoms with E-state index in [2.05, 4.69) is 9.80 Å². The molecule has 0 fully saturated rings. The van der Waals surface area contributed by atoms with Crippen molar-refractivity contribution in [2.45, 2.75) is 39.2 Å². The second-order valence-electron chi connectivity index (χ2n) is 18.1. The van der Waals surface area contributed by atoms with E-state index in [-0.39, 0.29) is 126 Å². The molecule has 0 aliphatic carbocycles. The highest BCUT2D eigenvalue weighted by Gasteiger charge is 2.37. The number of esters is 3. The van der Waals surface area contributed by atoms with Crippen molar-refractivity contribution < 1.29 is 95.0 Å². The van der Waals surface area contributed by atoms with Gasteiger partial charge in [-0.1, -0.05) is 0 Å². The van der Waals surface area contributed by atoms with Gasteiger partial charge in [0.15, 0.2) is 23.0 Å². The monoisotopic (exact) mass is 1060 g/mol. The molecule has 23 heteroatoms. The molecule has 3 aliphatic heterocycles. The van der Waals surface area contributed by atoms with Crippen LogP contribution in [0.3, 0.4) is 0 Å². The summed E-state index contributed by atoms with van der Waals surface area (Å²) >= 11 is 0. The summed E-state index contributed by atoms with van der Waals surface area (Å²) in [6, 6.07) is 5.83. The van der Waals surface area contributed by atoms with Gasteiger partial charge in [-0.05, 0) is 58.0 Å². The van der Waals surface area contributed by atoms with E-state index >= 15 is 0 Å². The van der Waals surface area contributed by atoms with E-state index in [1.807, 2.05) is 20.8 Å². The van der Waals surface area contributed by atoms with Crippen LogP contribution < -0.4 is 18.9 Å². The molecule has 0 radical (unpaired) electrons. The Morgan fingerprint density at radius 2 is 0.773 bits per heavy atom. The van der Waals surface area contributed by atoms with E-state index in [4.69, 9.17) is 71.1 Å². The van der Waals surface area contributed by atoms with Crippen molar-refractivity contribution in [1.82, 2.24) is 14.7 Å². The number of benzene rings is 2. The van der Waals surface area contributed by atoms with Crippen molar-refractivity contribution in [3.63, 3.8) is 0 Å². The van der Waals surface area contributed by atoms with E-state index in [9.17, 15) is 24.0 Å². The Morgan fingerprint density at radius 1 is 0.453 bits per heavy atom. The Bertz CT molecular complexity index is 1960. The van der Waals surface area contributed by atoms with Gasteiger partial charge in [-0.15, -0.1) is 0 Å². The van der Waals surface area contributed by atoms with Gasteiger partial charge in [0.05, 0.1) is 142 Å². The third-order valence-electron chi connectivity index (χ3n) is 11.5. The molecule has 0 bridgehead atoms. The van der Waals surface area contributed by atoms with Crippen molar-refractivity contribution in [3.8, 4) is 23.0 Å². The summed E-state index contributed by atoms with van der Waals surface area (Å²) < 4.78 is 85.6. The van der Waals surface area contributed by atoms with Crippen LogP contribution in [0.5, 0.6) is 23.0 Å². The summed E-state index contributed by atoms with van der Waals surface area (Å²) in [7, 11) is 2.41. The first-order chi connectivity index (χ1) is 36.4. The predicted molar refractivity (Wildman–Crippen MR) is 267 cm³/mol. The number of nitrogens with zero attached hydrogens (tertiary/aromatic N) is 3.